The molecule has 1 aromatic carbocycles. The van der Waals surface area contributed by atoms with E-state index in [2.05, 4.69) is 32.3 Å². The highest BCUT2D eigenvalue weighted by atomic mass is 32.2. The molecule has 0 saturated carbocycles. The zero-order valence-electron chi connectivity index (χ0n) is 13.4. The fourth-order valence-corrected chi connectivity index (χ4v) is 3.92. The van der Waals surface area contributed by atoms with Crippen LogP contribution in [0.1, 0.15) is 23.6 Å². The average molecular weight is 359 g/mol. The summed E-state index contributed by atoms with van der Waals surface area (Å²) in [5.74, 6) is 1.11. The maximum Gasteiger partial charge on any atom is 0.247 e. The second kappa shape index (κ2) is 7.59. The molecule has 8 heteroatoms. The highest BCUT2D eigenvalue weighted by molar-refractivity contribution is 8.01. The van der Waals surface area contributed by atoms with E-state index in [1.165, 1.54) is 11.3 Å². The molecular weight excluding hydrogens is 342 g/mol. The van der Waals surface area contributed by atoms with Crippen molar-refractivity contribution in [2.45, 2.75) is 23.4 Å². The molecule has 0 amide bonds. The molecule has 0 radical (unpaired) electrons. The highest BCUT2D eigenvalue weighted by Crippen LogP contribution is 2.37. The maximum atomic E-state index is 5.81. The van der Waals surface area contributed by atoms with Crippen molar-refractivity contribution in [3.63, 3.8) is 0 Å². The molecule has 3 aromatic rings. The number of thioether (sulfide) groups is 1. The van der Waals surface area contributed by atoms with Crippen molar-refractivity contribution in [3.05, 3.63) is 48.4 Å². The van der Waals surface area contributed by atoms with E-state index in [1.807, 2.05) is 38.1 Å². The van der Waals surface area contributed by atoms with Gasteiger partial charge in [0.25, 0.3) is 0 Å². The Labute approximate surface area is 148 Å². The Balaban J connectivity index is 1.68. The molecule has 0 bridgehead atoms. The minimum Gasteiger partial charge on any atom is -0.419 e. The minimum absolute atomic E-state index is 0.00346. The number of nitrogens with one attached hydrogen (secondary N) is 1. The van der Waals surface area contributed by atoms with E-state index in [4.69, 9.17) is 4.42 Å². The summed E-state index contributed by atoms with van der Waals surface area (Å²) in [6, 6.07) is 8.00. The standard InChI is InChI=1S/C16H17N5OS2/c1-4-8-17-15-20-21-16(24-15)23-11(3)13-18-19-14(22-13)12-7-5-6-10(2)9-12/h4-7,9,11H,1,8H2,2-3H3,(H,17,20)/t11-/m0/s1. The van der Waals surface area contributed by atoms with Crippen LogP contribution in [0.25, 0.3) is 11.5 Å². The van der Waals surface area contributed by atoms with Gasteiger partial charge in [-0.15, -0.1) is 27.0 Å². The van der Waals surface area contributed by atoms with Gasteiger partial charge in [-0.05, 0) is 26.0 Å². The lowest BCUT2D eigenvalue weighted by Gasteiger charge is -2.02. The summed E-state index contributed by atoms with van der Waals surface area (Å²) in [4.78, 5) is 0. The topological polar surface area (TPSA) is 76.7 Å². The van der Waals surface area contributed by atoms with Crippen LogP contribution in [0.3, 0.4) is 0 Å². The van der Waals surface area contributed by atoms with Crippen LogP contribution in [0.15, 0.2) is 45.7 Å². The lowest BCUT2D eigenvalue weighted by atomic mass is 10.1. The van der Waals surface area contributed by atoms with Crippen molar-refractivity contribution in [1.29, 1.82) is 0 Å². The van der Waals surface area contributed by atoms with Gasteiger partial charge in [-0.3, -0.25) is 0 Å². The zero-order chi connectivity index (χ0) is 16.9. The third-order valence-electron chi connectivity index (χ3n) is 3.14. The Bertz CT molecular complexity index is 829. The lowest BCUT2D eigenvalue weighted by Crippen LogP contribution is -1.96. The summed E-state index contributed by atoms with van der Waals surface area (Å²) in [5, 5.41) is 20.4. The summed E-state index contributed by atoms with van der Waals surface area (Å²) >= 11 is 3.04. The number of nitrogens with zero attached hydrogens (tertiary/aromatic N) is 4. The number of hydrogen-bond acceptors (Lipinski definition) is 8. The molecule has 0 saturated heterocycles. The Kier molecular flexibility index (Phi) is 5.27. The molecular formula is C16H17N5OS2. The summed E-state index contributed by atoms with van der Waals surface area (Å²) in [7, 11) is 0. The van der Waals surface area contributed by atoms with E-state index in [0.717, 1.165) is 20.6 Å². The molecule has 3 rings (SSSR count). The first-order valence-corrected chi connectivity index (χ1v) is 9.10. The largest absolute Gasteiger partial charge is 0.419 e. The summed E-state index contributed by atoms with van der Waals surface area (Å²) < 4.78 is 6.67. The number of anilines is 1. The van der Waals surface area contributed by atoms with Crippen molar-refractivity contribution < 1.29 is 4.42 Å². The first-order valence-electron chi connectivity index (χ1n) is 7.41. The van der Waals surface area contributed by atoms with Crippen LogP contribution in [0.4, 0.5) is 5.13 Å². The normalized spacial score (nSPS) is 12.1. The quantitative estimate of drug-likeness (QED) is 0.496. The van der Waals surface area contributed by atoms with E-state index in [9.17, 15) is 0 Å². The van der Waals surface area contributed by atoms with E-state index in [0.29, 0.717) is 18.3 Å². The van der Waals surface area contributed by atoms with Gasteiger partial charge in [0, 0.05) is 12.1 Å². The molecule has 0 aliphatic rings. The van der Waals surface area contributed by atoms with Gasteiger partial charge in [-0.1, -0.05) is 46.9 Å². The third kappa shape index (κ3) is 4.01. The monoisotopic (exact) mass is 359 g/mol. The molecule has 0 aliphatic carbocycles. The molecule has 2 heterocycles. The van der Waals surface area contributed by atoms with Crippen molar-refractivity contribution >= 4 is 28.2 Å². The Morgan fingerprint density at radius 1 is 1.33 bits per heavy atom. The summed E-state index contributed by atoms with van der Waals surface area (Å²) in [5.41, 5.74) is 2.08. The smallest absolute Gasteiger partial charge is 0.247 e. The number of aromatic nitrogens is 4. The second-order valence-electron chi connectivity index (χ2n) is 5.12. The molecule has 0 spiro atoms. The predicted octanol–water partition coefficient (Wildman–Crippen LogP) is 4.35. The van der Waals surface area contributed by atoms with Gasteiger partial charge in [0.15, 0.2) is 4.34 Å². The maximum absolute atomic E-state index is 5.81. The van der Waals surface area contributed by atoms with Gasteiger partial charge in [0.05, 0.1) is 5.25 Å². The molecule has 0 fully saturated rings. The van der Waals surface area contributed by atoms with Gasteiger partial charge in [0.1, 0.15) is 0 Å². The number of hydrogen-bond donors (Lipinski definition) is 1. The molecule has 6 nitrogen and oxygen atoms in total. The van der Waals surface area contributed by atoms with Crippen molar-refractivity contribution in [3.8, 4) is 11.5 Å². The number of rotatable bonds is 7. The van der Waals surface area contributed by atoms with Crippen LogP contribution in [-0.4, -0.2) is 26.9 Å². The lowest BCUT2D eigenvalue weighted by molar-refractivity contribution is 0.509. The van der Waals surface area contributed by atoms with Gasteiger partial charge < -0.3 is 9.73 Å². The van der Waals surface area contributed by atoms with Crippen LogP contribution in [-0.2, 0) is 0 Å². The van der Waals surface area contributed by atoms with Gasteiger partial charge in [0.2, 0.25) is 16.9 Å². The van der Waals surface area contributed by atoms with E-state index in [1.54, 1.807) is 17.8 Å². The van der Waals surface area contributed by atoms with E-state index in [-0.39, 0.29) is 5.25 Å². The molecule has 0 unspecified atom stereocenters. The minimum atomic E-state index is -0.00346. The van der Waals surface area contributed by atoms with Crippen LogP contribution in [0.5, 0.6) is 0 Å². The first-order chi connectivity index (χ1) is 11.7. The van der Waals surface area contributed by atoms with Crippen molar-refractivity contribution in [2.75, 3.05) is 11.9 Å². The highest BCUT2D eigenvalue weighted by Gasteiger charge is 2.18. The fourth-order valence-electron chi connectivity index (χ4n) is 1.98. The van der Waals surface area contributed by atoms with Crippen LogP contribution in [0, 0.1) is 6.92 Å². The van der Waals surface area contributed by atoms with Gasteiger partial charge >= 0.3 is 0 Å². The van der Waals surface area contributed by atoms with Crippen LogP contribution >= 0.6 is 23.1 Å². The molecule has 0 aliphatic heterocycles. The Morgan fingerprint density at radius 3 is 3.00 bits per heavy atom. The van der Waals surface area contributed by atoms with Gasteiger partial charge in [-0.25, -0.2) is 0 Å². The van der Waals surface area contributed by atoms with Crippen molar-refractivity contribution in [2.24, 2.45) is 0 Å². The van der Waals surface area contributed by atoms with Gasteiger partial charge in [-0.2, -0.15) is 0 Å². The van der Waals surface area contributed by atoms with Crippen molar-refractivity contribution in [1.82, 2.24) is 20.4 Å². The molecule has 1 atom stereocenters. The summed E-state index contributed by atoms with van der Waals surface area (Å²) in [6.07, 6.45) is 1.78. The molecule has 124 valence electrons. The first kappa shape index (κ1) is 16.7. The number of aryl methyl sites for hydroxylation is 1. The molecule has 1 N–H and O–H groups in total. The zero-order valence-corrected chi connectivity index (χ0v) is 15.0. The second-order valence-corrected chi connectivity index (χ2v) is 7.68. The van der Waals surface area contributed by atoms with Crippen LogP contribution < -0.4 is 5.32 Å². The SMILES string of the molecule is C=CCNc1nnc(S[C@@H](C)c2nnc(-c3cccc(C)c3)o2)s1. The van der Waals surface area contributed by atoms with E-state index < -0.39 is 0 Å². The number of benzene rings is 1. The average Bonchev–Trinajstić information content (AvgIpc) is 3.22. The summed E-state index contributed by atoms with van der Waals surface area (Å²) in [6.45, 7) is 8.37. The van der Waals surface area contributed by atoms with E-state index >= 15 is 0 Å². The Morgan fingerprint density at radius 2 is 2.21 bits per heavy atom. The molecule has 24 heavy (non-hydrogen) atoms. The third-order valence-corrected chi connectivity index (χ3v) is 5.19. The predicted molar refractivity (Wildman–Crippen MR) is 97.3 cm³/mol. The molecule has 2 aromatic heterocycles. The fraction of sp³-hybridized carbons (Fsp3) is 0.250. The van der Waals surface area contributed by atoms with Crippen LogP contribution in [0.2, 0.25) is 0 Å². The Hall–Kier alpha value is -2.19.